The van der Waals surface area contributed by atoms with E-state index in [2.05, 4.69) is 10.1 Å². The second-order valence-corrected chi connectivity index (χ2v) is 6.55. The number of aromatic nitrogens is 2. The summed E-state index contributed by atoms with van der Waals surface area (Å²) in [5, 5.41) is 4.74. The van der Waals surface area contributed by atoms with Crippen molar-refractivity contribution in [2.45, 2.75) is 25.1 Å². The zero-order valence-electron chi connectivity index (χ0n) is 14.6. The van der Waals surface area contributed by atoms with E-state index in [4.69, 9.17) is 9.26 Å². The van der Waals surface area contributed by atoms with Crippen LogP contribution in [0.1, 0.15) is 17.7 Å². The summed E-state index contributed by atoms with van der Waals surface area (Å²) >= 11 is 0. The maximum Gasteiger partial charge on any atom is 0.416 e. The van der Waals surface area contributed by atoms with Crippen LogP contribution in [-0.4, -0.2) is 40.1 Å². The summed E-state index contributed by atoms with van der Waals surface area (Å²) in [6, 6.07) is 9.03. The van der Waals surface area contributed by atoms with Crippen LogP contribution in [0.3, 0.4) is 0 Å². The molecular weight excluding hydrogens is 375 g/mol. The molecule has 4 rings (SSSR count). The Morgan fingerprint density at radius 1 is 1.29 bits per heavy atom. The normalized spacial score (nSPS) is 17.2. The number of fused-ring (bicyclic) bond motifs is 1. The van der Waals surface area contributed by atoms with Gasteiger partial charge in [0.2, 0.25) is 11.8 Å². The number of nitrogens with zero attached hydrogens (tertiary/aromatic N) is 3. The van der Waals surface area contributed by atoms with Gasteiger partial charge in [-0.2, -0.15) is 13.2 Å². The second kappa shape index (κ2) is 7.14. The van der Waals surface area contributed by atoms with Crippen molar-refractivity contribution in [1.29, 1.82) is 0 Å². The first-order valence-corrected chi connectivity index (χ1v) is 8.71. The summed E-state index contributed by atoms with van der Waals surface area (Å²) in [4.78, 5) is 18.0. The third-order valence-electron chi connectivity index (χ3n) is 4.62. The van der Waals surface area contributed by atoms with E-state index in [1.807, 2.05) is 18.2 Å². The van der Waals surface area contributed by atoms with Crippen LogP contribution < -0.4 is 4.74 Å². The van der Waals surface area contributed by atoms with Gasteiger partial charge in [0.1, 0.15) is 11.8 Å². The van der Waals surface area contributed by atoms with Gasteiger partial charge >= 0.3 is 6.18 Å². The summed E-state index contributed by atoms with van der Waals surface area (Å²) in [6.07, 6.45) is -3.20. The minimum Gasteiger partial charge on any atom is -0.472 e. The lowest BCUT2D eigenvalue weighted by Crippen LogP contribution is -2.32. The molecular formula is C19H16F3N3O3. The number of halogens is 3. The molecule has 1 unspecified atom stereocenters. The highest BCUT2D eigenvalue weighted by atomic mass is 19.4. The Morgan fingerprint density at radius 2 is 2.11 bits per heavy atom. The number of hydrogen-bond donors (Lipinski definition) is 0. The molecule has 1 amide bonds. The van der Waals surface area contributed by atoms with Crippen molar-refractivity contribution < 1.29 is 27.2 Å². The minimum absolute atomic E-state index is 0.0888. The van der Waals surface area contributed by atoms with Gasteiger partial charge < -0.3 is 14.2 Å². The van der Waals surface area contributed by atoms with E-state index < -0.39 is 17.8 Å². The molecule has 2 aromatic heterocycles. The number of alkyl halides is 3. The van der Waals surface area contributed by atoms with Crippen LogP contribution >= 0.6 is 0 Å². The van der Waals surface area contributed by atoms with Crippen LogP contribution in [0.4, 0.5) is 13.2 Å². The maximum absolute atomic E-state index is 12.8. The predicted octanol–water partition coefficient (Wildman–Crippen LogP) is 3.46. The van der Waals surface area contributed by atoms with E-state index in [0.29, 0.717) is 24.2 Å². The first kappa shape index (κ1) is 18.3. The third-order valence-corrected chi connectivity index (χ3v) is 4.62. The van der Waals surface area contributed by atoms with Crippen LogP contribution in [0.5, 0.6) is 5.88 Å². The SMILES string of the molecule is O=C(Cc1noc2ccccc12)N1CCC(Oc2cc(C(F)(F)F)ccn2)C1. The van der Waals surface area contributed by atoms with Crippen LogP contribution in [0.2, 0.25) is 0 Å². The molecule has 9 heteroatoms. The molecule has 0 saturated carbocycles. The fraction of sp³-hybridized carbons (Fsp3) is 0.316. The van der Waals surface area contributed by atoms with Gasteiger partial charge in [-0.05, 0) is 18.2 Å². The fourth-order valence-electron chi connectivity index (χ4n) is 3.19. The highest BCUT2D eigenvalue weighted by Crippen LogP contribution is 2.31. The van der Waals surface area contributed by atoms with Crippen LogP contribution in [-0.2, 0) is 17.4 Å². The quantitative estimate of drug-likeness (QED) is 0.681. The van der Waals surface area contributed by atoms with Gasteiger partial charge in [0.25, 0.3) is 0 Å². The Kier molecular flexibility index (Phi) is 4.66. The second-order valence-electron chi connectivity index (χ2n) is 6.55. The number of pyridine rings is 1. The summed E-state index contributed by atoms with van der Waals surface area (Å²) < 4.78 is 49.1. The van der Waals surface area contributed by atoms with E-state index in [0.717, 1.165) is 23.7 Å². The van der Waals surface area contributed by atoms with Crippen molar-refractivity contribution in [3.05, 3.63) is 53.9 Å². The standard InChI is InChI=1S/C19H16F3N3O3/c20-19(21,22)12-5-7-23-17(9-12)27-13-6-8-25(11-13)18(26)10-15-14-3-1-2-4-16(14)28-24-15/h1-5,7,9,13H,6,8,10-11H2. The van der Waals surface area contributed by atoms with Crippen molar-refractivity contribution in [3.63, 3.8) is 0 Å². The number of para-hydroxylation sites is 1. The van der Waals surface area contributed by atoms with Gasteiger partial charge in [-0.3, -0.25) is 4.79 Å². The predicted molar refractivity (Wildman–Crippen MR) is 92.6 cm³/mol. The number of carbonyl (C=O) groups excluding carboxylic acids is 1. The number of benzene rings is 1. The van der Waals surface area contributed by atoms with Gasteiger partial charge in [-0.1, -0.05) is 17.3 Å². The monoisotopic (exact) mass is 391 g/mol. The highest BCUT2D eigenvalue weighted by Gasteiger charge is 2.32. The molecule has 3 heterocycles. The summed E-state index contributed by atoms with van der Waals surface area (Å²) in [7, 11) is 0. The highest BCUT2D eigenvalue weighted by molar-refractivity contribution is 5.86. The first-order chi connectivity index (χ1) is 13.4. The molecule has 1 atom stereocenters. The van der Waals surface area contributed by atoms with E-state index in [1.54, 1.807) is 11.0 Å². The van der Waals surface area contributed by atoms with Gasteiger partial charge in [-0.15, -0.1) is 0 Å². The van der Waals surface area contributed by atoms with Gasteiger partial charge in [0, 0.05) is 30.6 Å². The smallest absolute Gasteiger partial charge is 0.416 e. The lowest BCUT2D eigenvalue weighted by Gasteiger charge is -2.17. The van der Waals surface area contributed by atoms with Crippen molar-refractivity contribution in [1.82, 2.24) is 15.0 Å². The molecule has 0 N–H and O–H groups in total. The van der Waals surface area contributed by atoms with Crippen molar-refractivity contribution >= 4 is 16.9 Å². The summed E-state index contributed by atoms with van der Waals surface area (Å²) in [5.74, 6) is -0.237. The largest absolute Gasteiger partial charge is 0.472 e. The zero-order chi connectivity index (χ0) is 19.7. The molecule has 3 aromatic rings. The zero-order valence-corrected chi connectivity index (χ0v) is 14.6. The van der Waals surface area contributed by atoms with E-state index in [-0.39, 0.29) is 24.8 Å². The minimum atomic E-state index is -4.46. The lowest BCUT2D eigenvalue weighted by molar-refractivity contribution is -0.137. The molecule has 1 aromatic carbocycles. The summed E-state index contributed by atoms with van der Waals surface area (Å²) in [5.41, 5.74) is 0.356. The Bertz CT molecular complexity index is 1000. The Hall–Kier alpha value is -3.10. The number of likely N-dealkylation sites (tertiary alicyclic amines) is 1. The number of ether oxygens (including phenoxy) is 1. The molecule has 0 spiro atoms. The molecule has 0 bridgehead atoms. The van der Waals surface area contributed by atoms with E-state index >= 15 is 0 Å². The number of hydrogen-bond acceptors (Lipinski definition) is 5. The van der Waals surface area contributed by atoms with E-state index in [9.17, 15) is 18.0 Å². The number of rotatable bonds is 4. The molecule has 1 saturated heterocycles. The van der Waals surface area contributed by atoms with Gasteiger partial charge in [0.15, 0.2) is 5.58 Å². The summed E-state index contributed by atoms with van der Waals surface area (Å²) in [6.45, 7) is 0.741. The maximum atomic E-state index is 12.8. The van der Waals surface area contributed by atoms with Crippen LogP contribution in [0.25, 0.3) is 11.0 Å². The first-order valence-electron chi connectivity index (χ1n) is 8.71. The molecule has 1 fully saturated rings. The number of carbonyl (C=O) groups is 1. The van der Waals surface area contributed by atoms with Crippen LogP contribution in [0, 0.1) is 0 Å². The average molecular weight is 391 g/mol. The fourth-order valence-corrected chi connectivity index (χ4v) is 3.19. The van der Waals surface area contributed by atoms with E-state index in [1.165, 1.54) is 0 Å². The lowest BCUT2D eigenvalue weighted by atomic mass is 10.1. The molecule has 146 valence electrons. The third kappa shape index (κ3) is 3.78. The Labute approximate surface area is 157 Å². The van der Waals surface area contributed by atoms with Crippen LogP contribution in [0.15, 0.2) is 47.1 Å². The molecule has 28 heavy (non-hydrogen) atoms. The molecule has 1 aliphatic heterocycles. The van der Waals surface area contributed by atoms with Crippen molar-refractivity contribution in [2.24, 2.45) is 0 Å². The number of amides is 1. The molecule has 1 aliphatic rings. The Morgan fingerprint density at radius 3 is 2.93 bits per heavy atom. The Balaban J connectivity index is 1.38. The molecule has 0 aliphatic carbocycles. The average Bonchev–Trinajstić information content (AvgIpc) is 3.29. The van der Waals surface area contributed by atoms with Crippen molar-refractivity contribution in [3.8, 4) is 5.88 Å². The van der Waals surface area contributed by atoms with Crippen molar-refractivity contribution in [2.75, 3.05) is 13.1 Å². The van der Waals surface area contributed by atoms with Gasteiger partial charge in [-0.25, -0.2) is 4.98 Å². The topological polar surface area (TPSA) is 68.5 Å². The molecule has 6 nitrogen and oxygen atoms in total. The molecule has 0 radical (unpaired) electrons. The van der Waals surface area contributed by atoms with Gasteiger partial charge in [0.05, 0.1) is 18.5 Å².